The second kappa shape index (κ2) is 7.22. The van der Waals surface area contributed by atoms with Crippen LogP contribution in [-0.4, -0.2) is 19.0 Å². The molecular weight excluding hydrogens is 339 g/mol. The molecule has 0 unspecified atom stereocenters. The molecule has 5 heteroatoms. The number of ether oxygens (including phenoxy) is 2. The van der Waals surface area contributed by atoms with Crippen molar-refractivity contribution in [1.29, 1.82) is 0 Å². The number of halogens is 2. The fourth-order valence-corrected chi connectivity index (χ4v) is 2.01. The number of benzene rings is 2. The Hall–Kier alpha value is -1.88. The van der Waals surface area contributed by atoms with Crippen LogP contribution in [0, 0.1) is 5.82 Å². The fourth-order valence-electron chi connectivity index (χ4n) is 1.75. The van der Waals surface area contributed by atoms with E-state index in [4.69, 9.17) is 9.47 Å². The Kier molecular flexibility index (Phi) is 5.33. The highest BCUT2D eigenvalue weighted by Gasteiger charge is 2.09. The Balaban J connectivity index is 1.89. The van der Waals surface area contributed by atoms with E-state index in [1.165, 1.54) is 25.1 Å². The molecule has 0 saturated heterocycles. The van der Waals surface area contributed by atoms with Gasteiger partial charge in [0, 0.05) is 4.47 Å². The molecule has 0 aliphatic rings. The van der Waals surface area contributed by atoms with Crippen LogP contribution in [0.4, 0.5) is 4.39 Å². The molecule has 0 atom stereocenters. The van der Waals surface area contributed by atoms with Gasteiger partial charge >= 0.3 is 0 Å². The molecule has 2 aromatic carbocycles. The third-order valence-electron chi connectivity index (χ3n) is 2.74. The van der Waals surface area contributed by atoms with Gasteiger partial charge in [0.25, 0.3) is 0 Å². The highest BCUT2D eigenvalue weighted by Crippen LogP contribution is 2.20. The average molecular weight is 353 g/mol. The summed E-state index contributed by atoms with van der Waals surface area (Å²) in [5, 5.41) is 0. The number of carbonyl (C=O) groups is 1. The van der Waals surface area contributed by atoms with E-state index < -0.39 is 5.82 Å². The van der Waals surface area contributed by atoms with Crippen molar-refractivity contribution in [2.45, 2.75) is 6.92 Å². The van der Waals surface area contributed by atoms with Gasteiger partial charge < -0.3 is 9.47 Å². The monoisotopic (exact) mass is 352 g/mol. The van der Waals surface area contributed by atoms with Gasteiger partial charge in [-0.2, -0.15) is 0 Å². The van der Waals surface area contributed by atoms with E-state index in [0.29, 0.717) is 12.4 Å². The minimum absolute atomic E-state index is 0.235. The SMILES string of the molecule is CC(=O)c1cc(F)ccc1OCCOc1ccc(Br)cc1. The minimum Gasteiger partial charge on any atom is -0.490 e. The van der Waals surface area contributed by atoms with Crippen LogP contribution in [0.2, 0.25) is 0 Å². The van der Waals surface area contributed by atoms with Crippen molar-refractivity contribution in [3.8, 4) is 11.5 Å². The summed E-state index contributed by atoms with van der Waals surface area (Å²) in [5.41, 5.74) is 0.235. The first-order valence-corrected chi connectivity index (χ1v) is 7.17. The van der Waals surface area contributed by atoms with Gasteiger partial charge in [0.05, 0.1) is 5.56 Å². The van der Waals surface area contributed by atoms with E-state index in [1.54, 1.807) is 0 Å². The topological polar surface area (TPSA) is 35.5 Å². The van der Waals surface area contributed by atoms with Crippen LogP contribution in [-0.2, 0) is 0 Å². The highest BCUT2D eigenvalue weighted by molar-refractivity contribution is 9.10. The molecule has 0 bridgehead atoms. The lowest BCUT2D eigenvalue weighted by molar-refractivity contribution is 0.101. The predicted octanol–water partition coefficient (Wildman–Crippen LogP) is 4.25. The molecule has 2 aromatic rings. The lowest BCUT2D eigenvalue weighted by atomic mass is 10.1. The van der Waals surface area contributed by atoms with Gasteiger partial charge in [-0.15, -0.1) is 0 Å². The second-order valence-electron chi connectivity index (χ2n) is 4.35. The molecule has 0 aliphatic heterocycles. The first-order valence-electron chi connectivity index (χ1n) is 6.38. The van der Waals surface area contributed by atoms with E-state index in [2.05, 4.69) is 15.9 Å². The summed E-state index contributed by atoms with van der Waals surface area (Å²) in [5.74, 6) is 0.396. The number of Topliss-reactive ketones (excluding diaryl/α,β-unsaturated/α-hetero) is 1. The van der Waals surface area contributed by atoms with Crippen molar-refractivity contribution in [1.82, 2.24) is 0 Å². The zero-order valence-corrected chi connectivity index (χ0v) is 13.0. The predicted molar refractivity (Wildman–Crippen MR) is 81.5 cm³/mol. The summed E-state index contributed by atoms with van der Waals surface area (Å²) in [6, 6.07) is 11.3. The summed E-state index contributed by atoms with van der Waals surface area (Å²) >= 11 is 3.34. The fraction of sp³-hybridized carbons (Fsp3) is 0.188. The average Bonchev–Trinajstić information content (AvgIpc) is 2.46. The molecule has 0 fully saturated rings. The van der Waals surface area contributed by atoms with Gasteiger partial charge in [0.2, 0.25) is 0 Å². The number of rotatable bonds is 6. The van der Waals surface area contributed by atoms with Crippen molar-refractivity contribution < 1.29 is 18.7 Å². The lowest BCUT2D eigenvalue weighted by Crippen LogP contribution is -2.11. The van der Waals surface area contributed by atoms with E-state index in [0.717, 1.165) is 10.2 Å². The zero-order chi connectivity index (χ0) is 15.2. The Morgan fingerprint density at radius 1 is 1.10 bits per heavy atom. The van der Waals surface area contributed by atoms with Gasteiger partial charge in [-0.1, -0.05) is 15.9 Å². The van der Waals surface area contributed by atoms with E-state index >= 15 is 0 Å². The molecule has 0 spiro atoms. The van der Waals surface area contributed by atoms with E-state index in [1.807, 2.05) is 24.3 Å². The number of carbonyl (C=O) groups excluding carboxylic acids is 1. The molecule has 0 radical (unpaired) electrons. The van der Waals surface area contributed by atoms with Crippen molar-refractivity contribution >= 4 is 21.7 Å². The van der Waals surface area contributed by atoms with Crippen LogP contribution in [0.25, 0.3) is 0 Å². The molecule has 0 saturated carbocycles. The normalized spacial score (nSPS) is 10.2. The first-order chi connectivity index (χ1) is 10.1. The van der Waals surface area contributed by atoms with E-state index in [-0.39, 0.29) is 18.0 Å². The molecule has 21 heavy (non-hydrogen) atoms. The summed E-state index contributed by atoms with van der Waals surface area (Å²) in [6.07, 6.45) is 0. The maximum atomic E-state index is 13.1. The third kappa shape index (κ3) is 4.56. The standard InChI is InChI=1S/C16H14BrFO3/c1-11(19)15-10-13(18)4-7-16(15)21-9-8-20-14-5-2-12(17)3-6-14/h2-7,10H,8-9H2,1H3. The summed E-state index contributed by atoms with van der Waals surface area (Å²) in [6.45, 7) is 1.97. The van der Waals surface area contributed by atoms with Crippen LogP contribution in [0.3, 0.4) is 0 Å². The van der Waals surface area contributed by atoms with Gasteiger partial charge in [0.15, 0.2) is 5.78 Å². The lowest BCUT2D eigenvalue weighted by Gasteiger charge is -2.11. The Bertz CT molecular complexity index is 626. The quantitative estimate of drug-likeness (QED) is 0.575. The van der Waals surface area contributed by atoms with Crippen LogP contribution < -0.4 is 9.47 Å². The third-order valence-corrected chi connectivity index (χ3v) is 3.27. The molecule has 0 amide bonds. The number of hydrogen-bond donors (Lipinski definition) is 0. The van der Waals surface area contributed by atoms with Crippen LogP contribution in [0.1, 0.15) is 17.3 Å². The van der Waals surface area contributed by atoms with Crippen LogP contribution >= 0.6 is 15.9 Å². The van der Waals surface area contributed by atoms with Gasteiger partial charge in [0.1, 0.15) is 30.5 Å². The van der Waals surface area contributed by atoms with Crippen molar-refractivity contribution in [3.05, 3.63) is 58.3 Å². The van der Waals surface area contributed by atoms with Crippen molar-refractivity contribution in [2.75, 3.05) is 13.2 Å². The summed E-state index contributed by atoms with van der Waals surface area (Å²) < 4.78 is 25.1. The zero-order valence-electron chi connectivity index (χ0n) is 11.4. The molecule has 110 valence electrons. The maximum absolute atomic E-state index is 13.1. The Morgan fingerprint density at radius 3 is 2.43 bits per heavy atom. The summed E-state index contributed by atoms with van der Waals surface area (Å²) in [7, 11) is 0. The van der Waals surface area contributed by atoms with E-state index in [9.17, 15) is 9.18 Å². The van der Waals surface area contributed by atoms with Gasteiger partial charge in [-0.3, -0.25) is 4.79 Å². The number of hydrogen-bond acceptors (Lipinski definition) is 3. The largest absolute Gasteiger partial charge is 0.490 e. The second-order valence-corrected chi connectivity index (χ2v) is 5.26. The number of ketones is 1. The molecule has 0 heterocycles. The minimum atomic E-state index is -0.460. The smallest absolute Gasteiger partial charge is 0.163 e. The maximum Gasteiger partial charge on any atom is 0.163 e. The Labute approximate surface area is 130 Å². The van der Waals surface area contributed by atoms with Crippen LogP contribution in [0.5, 0.6) is 11.5 Å². The van der Waals surface area contributed by atoms with Crippen molar-refractivity contribution in [2.24, 2.45) is 0 Å². The Morgan fingerprint density at radius 2 is 1.76 bits per heavy atom. The first kappa shape index (κ1) is 15.5. The molecule has 3 nitrogen and oxygen atoms in total. The molecular formula is C16H14BrFO3. The molecule has 0 aromatic heterocycles. The molecule has 2 rings (SSSR count). The highest BCUT2D eigenvalue weighted by atomic mass is 79.9. The molecule has 0 aliphatic carbocycles. The summed E-state index contributed by atoms with van der Waals surface area (Å²) in [4.78, 5) is 11.4. The van der Waals surface area contributed by atoms with Crippen LogP contribution in [0.15, 0.2) is 46.9 Å². The van der Waals surface area contributed by atoms with Crippen molar-refractivity contribution in [3.63, 3.8) is 0 Å². The molecule has 0 N–H and O–H groups in total. The van der Waals surface area contributed by atoms with Gasteiger partial charge in [-0.25, -0.2) is 4.39 Å². The van der Waals surface area contributed by atoms with Gasteiger partial charge in [-0.05, 0) is 49.4 Å².